The summed E-state index contributed by atoms with van der Waals surface area (Å²) in [6.07, 6.45) is 3.07. The summed E-state index contributed by atoms with van der Waals surface area (Å²) in [5.41, 5.74) is -1.16. The van der Waals surface area contributed by atoms with Crippen LogP contribution in [0.25, 0.3) is 0 Å². The first-order valence-electron chi connectivity index (χ1n) is 7.71. The quantitative estimate of drug-likeness (QED) is 0.709. The molecule has 2 amide bonds. The molecule has 2 aromatic rings. The Kier molecular flexibility index (Phi) is 4.78. The summed E-state index contributed by atoms with van der Waals surface area (Å²) < 4.78 is 18.4. The number of carbonyl (C=O) groups is 2. The van der Waals surface area contributed by atoms with Gasteiger partial charge in [-0.2, -0.15) is 0 Å². The van der Waals surface area contributed by atoms with Crippen molar-refractivity contribution in [2.45, 2.75) is 18.4 Å². The minimum absolute atomic E-state index is 0.0297. The summed E-state index contributed by atoms with van der Waals surface area (Å²) in [5, 5.41) is 15.4. The SMILES string of the molecule is O=C(NC[C@@](O)(c1ccco1)C1CC1)C(=O)Nc1ccc(F)c(Cl)c1. The summed E-state index contributed by atoms with van der Waals surface area (Å²) in [6, 6.07) is 6.85. The molecule has 1 aliphatic carbocycles. The van der Waals surface area contributed by atoms with Gasteiger partial charge in [0.2, 0.25) is 0 Å². The second-order valence-electron chi connectivity index (χ2n) is 5.94. The van der Waals surface area contributed by atoms with Crippen LogP contribution in [0.1, 0.15) is 18.6 Å². The topological polar surface area (TPSA) is 91.6 Å². The summed E-state index contributed by atoms with van der Waals surface area (Å²) in [6.45, 7) is -0.151. The molecule has 6 nitrogen and oxygen atoms in total. The van der Waals surface area contributed by atoms with Gasteiger partial charge in [0, 0.05) is 5.69 Å². The van der Waals surface area contributed by atoms with Crippen LogP contribution in [0.5, 0.6) is 0 Å². The van der Waals surface area contributed by atoms with Crippen molar-refractivity contribution in [2.75, 3.05) is 11.9 Å². The van der Waals surface area contributed by atoms with Crippen molar-refractivity contribution in [1.29, 1.82) is 0 Å². The van der Waals surface area contributed by atoms with Crippen molar-refractivity contribution in [2.24, 2.45) is 5.92 Å². The van der Waals surface area contributed by atoms with E-state index in [1.165, 1.54) is 18.4 Å². The third-order valence-electron chi connectivity index (χ3n) is 4.10. The Hall–Kier alpha value is -2.38. The van der Waals surface area contributed by atoms with Gasteiger partial charge >= 0.3 is 11.8 Å². The number of hydrogen-bond acceptors (Lipinski definition) is 4. The van der Waals surface area contributed by atoms with E-state index in [-0.39, 0.29) is 23.2 Å². The predicted molar refractivity (Wildman–Crippen MR) is 88.4 cm³/mol. The Balaban J connectivity index is 1.61. The molecule has 3 N–H and O–H groups in total. The number of benzene rings is 1. The second-order valence-corrected chi connectivity index (χ2v) is 6.35. The molecular weight excluding hydrogens is 351 g/mol. The van der Waals surface area contributed by atoms with Crippen LogP contribution >= 0.6 is 11.6 Å². The lowest BCUT2D eigenvalue weighted by Gasteiger charge is -2.26. The smallest absolute Gasteiger partial charge is 0.313 e. The molecule has 25 heavy (non-hydrogen) atoms. The van der Waals surface area contributed by atoms with Crippen LogP contribution in [0.3, 0.4) is 0 Å². The number of anilines is 1. The molecular formula is C17H16ClFN2O4. The van der Waals surface area contributed by atoms with Gasteiger partial charge in [0.25, 0.3) is 0 Å². The number of carbonyl (C=O) groups excluding carboxylic acids is 2. The Labute approximate surface area is 148 Å². The lowest BCUT2D eigenvalue weighted by Crippen LogP contribution is -2.45. The maximum atomic E-state index is 13.1. The highest BCUT2D eigenvalue weighted by molar-refractivity contribution is 6.39. The molecule has 0 bridgehead atoms. The molecule has 132 valence electrons. The maximum absolute atomic E-state index is 13.1. The average Bonchev–Trinajstić information content (AvgIpc) is 3.30. The van der Waals surface area contributed by atoms with Crippen molar-refractivity contribution >= 4 is 29.1 Å². The van der Waals surface area contributed by atoms with Gasteiger partial charge in [0.05, 0.1) is 17.8 Å². The van der Waals surface area contributed by atoms with E-state index in [1.54, 1.807) is 12.1 Å². The number of nitrogens with one attached hydrogen (secondary N) is 2. The zero-order chi connectivity index (χ0) is 18.0. The van der Waals surface area contributed by atoms with E-state index in [0.717, 1.165) is 18.9 Å². The van der Waals surface area contributed by atoms with E-state index in [9.17, 15) is 19.1 Å². The fraction of sp³-hybridized carbons (Fsp3) is 0.294. The Morgan fingerprint density at radius 3 is 2.68 bits per heavy atom. The molecule has 1 atom stereocenters. The fourth-order valence-corrected chi connectivity index (χ4v) is 2.76. The molecule has 1 saturated carbocycles. The summed E-state index contributed by atoms with van der Waals surface area (Å²) >= 11 is 5.63. The Morgan fingerprint density at radius 2 is 2.08 bits per heavy atom. The molecule has 3 rings (SSSR count). The number of amides is 2. The molecule has 1 heterocycles. The van der Waals surface area contributed by atoms with E-state index in [4.69, 9.17) is 16.0 Å². The van der Waals surface area contributed by atoms with E-state index in [2.05, 4.69) is 10.6 Å². The van der Waals surface area contributed by atoms with Crippen LogP contribution in [0.15, 0.2) is 41.0 Å². The van der Waals surface area contributed by atoms with Crippen molar-refractivity contribution < 1.29 is 23.5 Å². The minimum Gasteiger partial charge on any atom is -0.466 e. The zero-order valence-electron chi connectivity index (χ0n) is 13.1. The van der Waals surface area contributed by atoms with Crippen molar-refractivity contribution in [3.05, 3.63) is 53.2 Å². The summed E-state index contributed by atoms with van der Waals surface area (Å²) in [5.74, 6) is -2.18. The van der Waals surface area contributed by atoms with Crippen LogP contribution in [-0.2, 0) is 15.2 Å². The highest BCUT2D eigenvalue weighted by atomic mass is 35.5. The third kappa shape index (κ3) is 3.83. The summed E-state index contributed by atoms with van der Waals surface area (Å²) in [4.78, 5) is 23.9. The number of aliphatic hydroxyl groups is 1. The van der Waals surface area contributed by atoms with E-state index < -0.39 is 23.2 Å². The third-order valence-corrected chi connectivity index (χ3v) is 4.39. The normalized spacial score (nSPS) is 16.1. The number of halogens is 2. The lowest BCUT2D eigenvalue weighted by atomic mass is 9.94. The first kappa shape index (κ1) is 17.4. The van der Waals surface area contributed by atoms with Gasteiger partial charge in [-0.25, -0.2) is 4.39 Å². The van der Waals surface area contributed by atoms with Gasteiger partial charge in [-0.3, -0.25) is 9.59 Å². The van der Waals surface area contributed by atoms with Crippen LogP contribution in [0.4, 0.5) is 10.1 Å². The van der Waals surface area contributed by atoms with Crippen molar-refractivity contribution in [1.82, 2.24) is 5.32 Å². The van der Waals surface area contributed by atoms with Gasteiger partial charge in [-0.1, -0.05) is 11.6 Å². The van der Waals surface area contributed by atoms with E-state index in [1.807, 2.05) is 0 Å². The highest BCUT2D eigenvalue weighted by Gasteiger charge is 2.47. The number of hydrogen-bond donors (Lipinski definition) is 3. The predicted octanol–water partition coefficient (Wildman–Crippen LogP) is 2.42. The molecule has 0 unspecified atom stereocenters. The molecule has 8 heteroatoms. The standard InChI is InChI=1S/C17H16ClFN2O4/c18-12-8-11(5-6-13(12)19)21-16(23)15(22)20-9-17(24,10-3-4-10)14-2-1-7-25-14/h1-2,5-8,10,24H,3-4,9H2,(H,20,22)(H,21,23)/t17-/m0/s1. The molecule has 0 spiro atoms. The average molecular weight is 367 g/mol. The second kappa shape index (κ2) is 6.85. The van der Waals surface area contributed by atoms with Gasteiger partial charge in [0.1, 0.15) is 17.2 Å². The van der Waals surface area contributed by atoms with Gasteiger partial charge in [-0.15, -0.1) is 0 Å². The lowest BCUT2D eigenvalue weighted by molar-refractivity contribution is -0.137. The Morgan fingerprint density at radius 1 is 1.32 bits per heavy atom. The number of furan rings is 1. The molecule has 1 fully saturated rings. The van der Waals surface area contributed by atoms with Crippen LogP contribution in [0.2, 0.25) is 5.02 Å². The van der Waals surface area contributed by atoms with Gasteiger partial charge in [0.15, 0.2) is 0 Å². The van der Waals surface area contributed by atoms with Crippen molar-refractivity contribution in [3.8, 4) is 0 Å². The largest absolute Gasteiger partial charge is 0.466 e. The van der Waals surface area contributed by atoms with E-state index >= 15 is 0 Å². The monoisotopic (exact) mass is 366 g/mol. The number of rotatable bonds is 5. The maximum Gasteiger partial charge on any atom is 0.313 e. The van der Waals surface area contributed by atoms with Crippen LogP contribution in [-0.4, -0.2) is 23.5 Å². The fourth-order valence-electron chi connectivity index (χ4n) is 2.58. The van der Waals surface area contributed by atoms with Crippen molar-refractivity contribution in [3.63, 3.8) is 0 Å². The highest BCUT2D eigenvalue weighted by Crippen LogP contribution is 2.45. The molecule has 1 aliphatic rings. The molecule has 1 aromatic carbocycles. The van der Waals surface area contributed by atoms with Crippen LogP contribution < -0.4 is 10.6 Å². The first-order chi connectivity index (χ1) is 11.9. The molecule has 0 radical (unpaired) electrons. The summed E-state index contributed by atoms with van der Waals surface area (Å²) in [7, 11) is 0. The zero-order valence-corrected chi connectivity index (χ0v) is 13.8. The molecule has 1 aromatic heterocycles. The van der Waals surface area contributed by atoms with Gasteiger partial charge < -0.3 is 20.2 Å². The molecule has 0 saturated heterocycles. The van der Waals surface area contributed by atoms with E-state index in [0.29, 0.717) is 5.76 Å². The van der Waals surface area contributed by atoms with Gasteiger partial charge in [-0.05, 0) is 49.1 Å². The van der Waals surface area contributed by atoms with Crippen LogP contribution in [0, 0.1) is 11.7 Å². The Bertz CT molecular complexity index is 792. The first-order valence-corrected chi connectivity index (χ1v) is 8.08. The minimum atomic E-state index is -1.35. The molecule has 0 aliphatic heterocycles.